The lowest BCUT2D eigenvalue weighted by molar-refractivity contribution is 0.124. The minimum absolute atomic E-state index is 0.543. The molecule has 0 bridgehead atoms. The molecule has 0 saturated carbocycles. The number of benzene rings is 1. The number of methoxy groups -OCH3 is 1. The van der Waals surface area contributed by atoms with Gasteiger partial charge in [0.2, 0.25) is 11.8 Å². The lowest BCUT2D eigenvalue weighted by Gasteiger charge is -2.33. The minimum atomic E-state index is 0.543. The topological polar surface area (TPSA) is 54.6 Å². The summed E-state index contributed by atoms with van der Waals surface area (Å²) < 4.78 is 11.0. The zero-order valence-corrected chi connectivity index (χ0v) is 13.2. The van der Waals surface area contributed by atoms with Crippen LogP contribution in [0.3, 0.4) is 0 Å². The van der Waals surface area contributed by atoms with E-state index in [0.29, 0.717) is 18.3 Å². The summed E-state index contributed by atoms with van der Waals surface area (Å²) in [4.78, 5) is 4.81. The van der Waals surface area contributed by atoms with Gasteiger partial charge in [0.25, 0.3) is 0 Å². The Kier molecular flexibility index (Phi) is 4.70. The maximum absolute atomic E-state index is 5.79. The first-order valence-electron chi connectivity index (χ1n) is 7.70. The maximum Gasteiger partial charge on any atom is 0.247 e. The molecule has 0 unspecified atom stereocenters. The summed E-state index contributed by atoms with van der Waals surface area (Å²) in [7, 11) is 1.65. The fourth-order valence-electron chi connectivity index (χ4n) is 2.65. The normalized spacial score (nSPS) is 16.8. The predicted octanol–water partition coefficient (Wildman–Crippen LogP) is 1.88. The quantitative estimate of drug-likeness (QED) is 0.840. The minimum Gasteiger partial charge on any atom is -0.497 e. The summed E-state index contributed by atoms with van der Waals surface area (Å²) in [5.74, 6) is 2.00. The third-order valence-electron chi connectivity index (χ3n) is 4.05. The first-order chi connectivity index (χ1) is 10.8. The van der Waals surface area contributed by atoms with Gasteiger partial charge in [-0.2, -0.15) is 0 Å². The second kappa shape index (κ2) is 6.89. The molecule has 1 aliphatic rings. The molecule has 2 aromatic rings. The van der Waals surface area contributed by atoms with Crippen LogP contribution < -0.4 is 4.74 Å². The molecular weight excluding hydrogens is 280 g/mol. The lowest BCUT2D eigenvalue weighted by atomic mass is 10.2. The molecule has 3 rings (SSSR count). The molecule has 2 heterocycles. The van der Waals surface area contributed by atoms with Crippen LogP contribution in [0, 0.1) is 0 Å². The summed E-state index contributed by atoms with van der Waals surface area (Å²) in [6, 6.07) is 7.66. The molecule has 0 atom stereocenters. The van der Waals surface area contributed by atoms with Crippen LogP contribution in [-0.4, -0.2) is 59.8 Å². The van der Waals surface area contributed by atoms with Crippen molar-refractivity contribution in [3.05, 3.63) is 30.2 Å². The van der Waals surface area contributed by atoms with Gasteiger partial charge in [-0.3, -0.25) is 4.90 Å². The van der Waals surface area contributed by atoms with Gasteiger partial charge < -0.3 is 14.1 Å². The Morgan fingerprint density at radius 2 is 1.91 bits per heavy atom. The van der Waals surface area contributed by atoms with E-state index < -0.39 is 0 Å². The largest absolute Gasteiger partial charge is 0.497 e. The van der Waals surface area contributed by atoms with Crippen LogP contribution in [0.1, 0.15) is 12.8 Å². The Morgan fingerprint density at radius 1 is 1.14 bits per heavy atom. The van der Waals surface area contributed by atoms with Gasteiger partial charge in [-0.05, 0) is 24.7 Å². The van der Waals surface area contributed by atoms with E-state index in [0.717, 1.165) is 44.0 Å². The highest BCUT2D eigenvalue weighted by atomic mass is 16.5. The van der Waals surface area contributed by atoms with Crippen LogP contribution in [0.2, 0.25) is 0 Å². The van der Waals surface area contributed by atoms with Crippen LogP contribution in [0.25, 0.3) is 11.5 Å². The lowest BCUT2D eigenvalue weighted by Crippen LogP contribution is -2.45. The Labute approximate surface area is 130 Å². The summed E-state index contributed by atoms with van der Waals surface area (Å²) in [6.07, 6.45) is 0. The third-order valence-corrected chi connectivity index (χ3v) is 4.05. The Balaban J connectivity index is 1.64. The highest BCUT2D eigenvalue weighted by molar-refractivity contribution is 5.55. The average Bonchev–Trinajstić information content (AvgIpc) is 3.04. The monoisotopic (exact) mass is 302 g/mol. The highest BCUT2D eigenvalue weighted by Gasteiger charge is 2.18. The second-order valence-corrected chi connectivity index (χ2v) is 5.44. The molecule has 1 aromatic heterocycles. The molecule has 1 fully saturated rings. The fraction of sp³-hybridized carbons (Fsp3) is 0.500. The number of likely N-dealkylation sites (N-methyl/N-ethyl adjacent to an activating group) is 1. The molecule has 0 aliphatic carbocycles. The number of aromatic nitrogens is 2. The third kappa shape index (κ3) is 3.45. The van der Waals surface area contributed by atoms with E-state index in [1.165, 1.54) is 0 Å². The fourth-order valence-corrected chi connectivity index (χ4v) is 2.65. The first kappa shape index (κ1) is 15.0. The summed E-state index contributed by atoms with van der Waals surface area (Å²) >= 11 is 0. The zero-order valence-electron chi connectivity index (χ0n) is 13.2. The van der Waals surface area contributed by atoms with Gasteiger partial charge in [0, 0.05) is 31.7 Å². The number of nitrogens with zero attached hydrogens (tertiary/aromatic N) is 4. The Bertz CT molecular complexity index is 606. The van der Waals surface area contributed by atoms with E-state index >= 15 is 0 Å². The molecule has 6 nitrogen and oxygen atoms in total. The van der Waals surface area contributed by atoms with Crippen molar-refractivity contribution in [3.8, 4) is 17.2 Å². The van der Waals surface area contributed by atoms with Gasteiger partial charge >= 0.3 is 0 Å². The van der Waals surface area contributed by atoms with Gasteiger partial charge in [-0.25, -0.2) is 0 Å². The van der Waals surface area contributed by atoms with Gasteiger partial charge in [-0.1, -0.05) is 13.0 Å². The second-order valence-electron chi connectivity index (χ2n) is 5.44. The number of hydrogen-bond acceptors (Lipinski definition) is 6. The van der Waals surface area contributed by atoms with Crippen molar-refractivity contribution in [2.24, 2.45) is 0 Å². The zero-order chi connectivity index (χ0) is 15.4. The standard InChI is InChI=1S/C16H22N4O2/c1-3-19-7-9-20(10-8-19)12-15-17-18-16(22-15)13-5-4-6-14(11-13)21-2/h4-6,11H,3,7-10,12H2,1-2H3. The van der Waals surface area contributed by atoms with E-state index in [1.807, 2.05) is 24.3 Å². The maximum atomic E-state index is 5.79. The van der Waals surface area contributed by atoms with Crippen LogP contribution in [0.5, 0.6) is 5.75 Å². The van der Waals surface area contributed by atoms with Crippen molar-refractivity contribution in [1.82, 2.24) is 20.0 Å². The number of rotatable bonds is 5. The number of hydrogen-bond donors (Lipinski definition) is 0. The smallest absolute Gasteiger partial charge is 0.247 e. The van der Waals surface area contributed by atoms with Crippen molar-refractivity contribution in [1.29, 1.82) is 0 Å². The number of piperazine rings is 1. The van der Waals surface area contributed by atoms with E-state index in [4.69, 9.17) is 9.15 Å². The molecule has 1 aliphatic heterocycles. The molecule has 0 amide bonds. The van der Waals surface area contributed by atoms with Crippen molar-refractivity contribution >= 4 is 0 Å². The Hall–Kier alpha value is -1.92. The molecule has 118 valence electrons. The molecular formula is C16H22N4O2. The van der Waals surface area contributed by atoms with Crippen molar-refractivity contribution in [2.45, 2.75) is 13.5 Å². The molecule has 1 saturated heterocycles. The van der Waals surface area contributed by atoms with E-state index in [1.54, 1.807) is 7.11 Å². The molecule has 1 aromatic carbocycles. The van der Waals surface area contributed by atoms with E-state index in [2.05, 4.69) is 26.9 Å². The average molecular weight is 302 g/mol. The van der Waals surface area contributed by atoms with Crippen LogP contribution in [0.15, 0.2) is 28.7 Å². The van der Waals surface area contributed by atoms with Crippen LogP contribution in [-0.2, 0) is 6.54 Å². The molecule has 0 radical (unpaired) electrons. The van der Waals surface area contributed by atoms with Crippen LogP contribution >= 0.6 is 0 Å². The van der Waals surface area contributed by atoms with Crippen molar-refractivity contribution in [3.63, 3.8) is 0 Å². The van der Waals surface area contributed by atoms with Crippen molar-refractivity contribution < 1.29 is 9.15 Å². The Morgan fingerprint density at radius 3 is 2.64 bits per heavy atom. The SMILES string of the molecule is CCN1CCN(Cc2nnc(-c3cccc(OC)c3)o2)CC1. The summed E-state index contributed by atoms with van der Waals surface area (Å²) in [6.45, 7) is 8.34. The van der Waals surface area contributed by atoms with Gasteiger partial charge in [-0.15, -0.1) is 10.2 Å². The predicted molar refractivity (Wildman–Crippen MR) is 83.7 cm³/mol. The molecule has 0 N–H and O–H groups in total. The summed E-state index contributed by atoms with van der Waals surface area (Å²) in [5.41, 5.74) is 0.883. The molecule has 6 heteroatoms. The first-order valence-corrected chi connectivity index (χ1v) is 7.70. The van der Waals surface area contributed by atoms with E-state index in [-0.39, 0.29) is 0 Å². The molecule has 22 heavy (non-hydrogen) atoms. The molecule has 0 spiro atoms. The van der Waals surface area contributed by atoms with Crippen molar-refractivity contribution in [2.75, 3.05) is 39.8 Å². The highest BCUT2D eigenvalue weighted by Crippen LogP contribution is 2.23. The number of ether oxygens (including phenoxy) is 1. The van der Waals surface area contributed by atoms with Gasteiger partial charge in [0.15, 0.2) is 0 Å². The van der Waals surface area contributed by atoms with Gasteiger partial charge in [0.05, 0.1) is 13.7 Å². The summed E-state index contributed by atoms with van der Waals surface area (Å²) in [5, 5.41) is 8.32. The van der Waals surface area contributed by atoms with Crippen LogP contribution in [0.4, 0.5) is 0 Å². The van der Waals surface area contributed by atoms with Gasteiger partial charge in [0.1, 0.15) is 5.75 Å². The van der Waals surface area contributed by atoms with E-state index in [9.17, 15) is 0 Å².